The van der Waals surface area contributed by atoms with Gasteiger partial charge in [0.25, 0.3) is 0 Å². The molecule has 0 atom stereocenters. The number of rotatable bonds is 6. The van der Waals surface area contributed by atoms with E-state index in [1.165, 1.54) is 6.07 Å². The van der Waals surface area contributed by atoms with Gasteiger partial charge in [0.05, 0.1) is 7.11 Å². The summed E-state index contributed by atoms with van der Waals surface area (Å²) >= 11 is 0. The molecule has 0 bridgehead atoms. The van der Waals surface area contributed by atoms with Crippen LogP contribution in [0, 0.1) is 5.82 Å². The van der Waals surface area contributed by atoms with Gasteiger partial charge in [-0.25, -0.2) is 4.39 Å². The Morgan fingerprint density at radius 3 is 2.60 bits per heavy atom. The molecule has 2 aromatic rings. The third kappa shape index (κ3) is 3.48. The maximum Gasteiger partial charge on any atom is 0.165 e. The van der Waals surface area contributed by atoms with Crippen LogP contribution in [0.5, 0.6) is 11.5 Å². The summed E-state index contributed by atoms with van der Waals surface area (Å²) in [5.74, 6) is 0.628. The standard InChI is InChI=1S/C16H18FNO2/c1-18-10-12-7-8-16(14(17)9-12)20-11-13-5-3-4-6-15(13)19-2/h3-9,18H,10-11H2,1-2H3. The second kappa shape index (κ2) is 6.91. The minimum absolute atomic E-state index is 0.246. The van der Waals surface area contributed by atoms with E-state index >= 15 is 0 Å². The first-order chi connectivity index (χ1) is 9.74. The maximum absolute atomic E-state index is 13.9. The van der Waals surface area contributed by atoms with E-state index in [1.54, 1.807) is 13.2 Å². The molecule has 0 amide bonds. The lowest BCUT2D eigenvalue weighted by atomic mass is 10.2. The Labute approximate surface area is 118 Å². The van der Waals surface area contributed by atoms with Crippen LogP contribution in [0.4, 0.5) is 4.39 Å². The molecule has 2 rings (SSSR count). The molecule has 4 heteroatoms. The Hall–Kier alpha value is -2.07. The first-order valence-electron chi connectivity index (χ1n) is 6.42. The molecule has 0 spiro atoms. The van der Waals surface area contributed by atoms with E-state index in [0.29, 0.717) is 6.54 Å². The molecule has 0 aliphatic heterocycles. The summed E-state index contributed by atoms with van der Waals surface area (Å²) in [6, 6.07) is 12.5. The normalized spacial score (nSPS) is 10.3. The van der Waals surface area contributed by atoms with Crippen LogP contribution in [0.3, 0.4) is 0 Å². The fraction of sp³-hybridized carbons (Fsp3) is 0.250. The molecule has 0 fully saturated rings. The lowest BCUT2D eigenvalue weighted by Crippen LogP contribution is -2.06. The topological polar surface area (TPSA) is 30.5 Å². The van der Waals surface area contributed by atoms with Crippen LogP contribution in [-0.2, 0) is 13.2 Å². The zero-order valence-corrected chi connectivity index (χ0v) is 11.7. The first kappa shape index (κ1) is 14.3. The third-order valence-corrected chi connectivity index (χ3v) is 2.95. The van der Waals surface area contributed by atoms with Gasteiger partial charge in [0.2, 0.25) is 0 Å². The average molecular weight is 275 g/mol. The molecule has 3 nitrogen and oxygen atoms in total. The SMILES string of the molecule is CNCc1ccc(OCc2ccccc2OC)c(F)c1. The highest BCUT2D eigenvalue weighted by atomic mass is 19.1. The molecule has 2 aromatic carbocycles. The van der Waals surface area contributed by atoms with Gasteiger partial charge in [-0.15, -0.1) is 0 Å². The lowest BCUT2D eigenvalue weighted by molar-refractivity contribution is 0.282. The van der Waals surface area contributed by atoms with Gasteiger partial charge in [0.15, 0.2) is 11.6 Å². The molecule has 1 N–H and O–H groups in total. The number of ether oxygens (including phenoxy) is 2. The summed E-state index contributed by atoms with van der Waals surface area (Å²) in [4.78, 5) is 0. The predicted octanol–water partition coefficient (Wildman–Crippen LogP) is 3.13. The number of nitrogens with one attached hydrogen (secondary N) is 1. The number of halogens is 1. The highest BCUT2D eigenvalue weighted by molar-refractivity contribution is 5.34. The molecule has 0 saturated carbocycles. The minimum atomic E-state index is -0.354. The molecule has 106 valence electrons. The summed E-state index contributed by atoms with van der Waals surface area (Å²) in [5, 5.41) is 2.98. The lowest BCUT2D eigenvalue weighted by Gasteiger charge is -2.11. The molecule has 0 heterocycles. The fourth-order valence-electron chi connectivity index (χ4n) is 1.95. The van der Waals surface area contributed by atoms with Gasteiger partial charge in [-0.3, -0.25) is 0 Å². The van der Waals surface area contributed by atoms with Crippen molar-refractivity contribution in [3.63, 3.8) is 0 Å². The van der Waals surface area contributed by atoms with Crippen molar-refractivity contribution in [3.05, 3.63) is 59.4 Å². The molecule has 0 radical (unpaired) electrons. The second-order valence-electron chi connectivity index (χ2n) is 4.40. The summed E-state index contributed by atoms with van der Waals surface area (Å²) in [6.45, 7) is 0.899. The Morgan fingerprint density at radius 2 is 1.90 bits per heavy atom. The molecule has 0 aliphatic rings. The quantitative estimate of drug-likeness (QED) is 0.878. The Kier molecular flexibility index (Phi) is 4.96. The van der Waals surface area contributed by atoms with Gasteiger partial charge in [-0.1, -0.05) is 24.3 Å². The first-order valence-corrected chi connectivity index (χ1v) is 6.42. The smallest absolute Gasteiger partial charge is 0.165 e. The summed E-state index contributed by atoms with van der Waals surface area (Å²) in [6.07, 6.45) is 0. The van der Waals surface area contributed by atoms with Crippen molar-refractivity contribution >= 4 is 0 Å². The van der Waals surface area contributed by atoms with Crippen LogP contribution in [0.15, 0.2) is 42.5 Å². The highest BCUT2D eigenvalue weighted by Crippen LogP contribution is 2.23. The zero-order valence-electron chi connectivity index (χ0n) is 11.7. The molecule has 20 heavy (non-hydrogen) atoms. The van der Waals surface area contributed by atoms with Crippen molar-refractivity contribution in [2.75, 3.05) is 14.2 Å². The fourth-order valence-corrected chi connectivity index (χ4v) is 1.95. The van der Waals surface area contributed by atoms with Crippen molar-refractivity contribution in [3.8, 4) is 11.5 Å². The van der Waals surface area contributed by atoms with Gasteiger partial charge in [0, 0.05) is 12.1 Å². The van der Waals surface area contributed by atoms with Crippen molar-refractivity contribution in [1.29, 1.82) is 0 Å². The van der Waals surface area contributed by atoms with E-state index in [-0.39, 0.29) is 18.2 Å². The Morgan fingerprint density at radius 1 is 1.10 bits per heavy atom. The van der Waals surface area contributed by atoms with Gasteiger partial charge in [0.1, 0.15) is 12.4 Å². The molecule has 0 aliphatic carbocycles. The predicted molar refractivity (Wildman–Crippen MR) is 76.5 cm³/mol. The van der Waals surface area contributed by atoms with Crippen LogP contribution >= 0.6 is 0 Å². The monoisotopic (exact) mass is 275 g/mol. The van der Waals surface area contributed by atoms with Gasteiger partial charge in [-0.2, -0.15) is 0 Å². The van der Waals surface area contributed by atoms with E-state index in [0.717, 1.165) is 16.9 Å². The van der Waals surface area contributed by atoms with E-state index in [9.17, 15) is 4.39 Å². The number of hydrogen-bond donors (Lipinski definition) is 1. The maximum atomic E-state index is 13.9. The number of hydrogen-bond acceptors (Lipinski definition) is 3. The van der Waals surface area contributed by atoms with E-state index in [4.69, 9.17) is 9.47 Å². The van der Waals surface area contributed by atoms with Gasteiger partial charge >= 0.3 is 0 Å². The Bertz CT molecular complexity index is 572. The Balaban J connectivity index is 2.07. The van der Waals surface area contributed by atoms with E-state index in [2.05, 4.69) is 5.32 Å². The largest absolute Gasteiger partial charge is 0.496 e. The van der Waals surface area contributed by atoms with Crippen molar-refractivity contribution in [2.45, 2.75) is 13.2 Å². The zero-order chi connectivity index (χ0) is 14.4. The number of benzene rings is 2. The molecule has 0 aromatic heterocycles. The van der Waals surface area contributed by atoms with Gasteiger partial charge in [-0.05, 0) is 30.8 Å². The molecule has 0 unspecified atom stereocenters. The minimum Gasteiger partial charge on any atom is -0.496 e. The molecular formula is C16H18FNO2. The summed E-state index contributed by atoms with van der Waals surface area (Å²) in [7, 11) is 3.43. The highest BCUT2D eigenvalue weighted by Gasteiger charge is 2.07. The van der Waals surface area contributed by atoms with Crippen LogP contribution in [0.1, 0.15) is 11.1 Å². The second-order valence-corrected chi connectivity index (χ2v) is 4.40. The van der Waals surface area contributed by atoms with Gasteiger partial charge < -0.3 is 14.8 Å². The van der Waals surface area contributed by atoms with Crippen molar-refractivity contribution in [1.82, 2.24) is 5.32 Å². The number of methoxy groups -OCH3 is 1. The van der Waals surface area contributed by atoms with Crippen molar-refractivity contribution in [2.24, 2.45) is 0 Å². The van der Waals surface area contributed by atoms with Crippen LogP contribution in [0.2, 0.25) is 0 Å². The molecular weight excluding hydrogens is 257 g/mol. The molecule has 0 saturated heterocycles. The van der Waals surface area contributed by atoms with Crippen molar-refractivity contribution < 1.29 is 13.9 Å². The van der Waals surface area contributed by atoms with E-state index < -0.39 is 0 Å². The average Bonchev–Trinajstić information content (AvgIpc) is 2.47. The van der Waals surface area contributed by atoms with Crippen LogP contribution in [-0.4, -0.2) is 14.2 Å². The van der Waals surface area contributed by atoms with E-state index in [1.807, 2.05) is 37.4 Å². The summed E-state index contributed by atoms with van der Waals surface area (Å²) < 4.78 is 24.6. The van der Waals surface area contributed by atoms with Crippen LogP contribution < -0.4 is 14.8 Å². The van der Waals surface area contributed by atoms with Crippen LogP contribution in [0.25, 0.3) is 0 Å². The number of para-hydroxylation sites is 1. The third-order valence-electron chi connectivity index (χ3n) is 2.95. The summed E-state index contributed by atoms with van der Waals surface area (Å²) in [5.41, 5.74) is 1.77.